The van der Waals surface area contributed by atoms with E-state index in [1.54, 1.807) is 0 Å². The van der Waals surface area contributed by atoms with Crippen molar-refractivity contribution in [1.29, 1.82) is 0 Å². The predicted octanol–water partition coefficient (Wildman–Crippen LogP) is 3.01. The van der Waals surface area contributed by atoms with Crippen molar-refractivity contribution in [2.45, 2.75) is 12.5 Å². The molecule has 0 aromatic heterocycles. The maximum atomic E-state index is 10.1. The molecule has 1 saturated heterocycles. The molecular formula is C11H12ClIO2. The van der Waals surface area contributed by atoms with E-state index in [-0.39, 0.29) is 5.92 Å². The molecule has 1 aliphatic heterocycles. The van der Waals surface area contributed by atoms with Crippen molar-refractivity contribution in [2.24, 2.45) is 5.92 Å². The summed E-state index contributed by atoms with van der Waals surface area (Å²) in [6.45, 7) is 1.39. The van der Waals surface area contributed by atoms with E-state index in [1.807, 2.05) is 18.2 Å². The van der Waals surface area contributed by atoms with E-state index in [2.05, 4.69) is 22.6 Å². The quantitative estimate of drug-likeness (QED) is 0.840. The number of benzene rings is 1. The summed E-state index contributed by atoms with van der Waals surface area (Å²) < 4.78 is 6.27. The molecule has 82 valence electrons. The lowest BCUT2D eigenvalue weighted by Gasteiger charge is -2.17. The second kappa shape index (κ2) is 4.99. The zero-order valence-electron chi connectivity index (χ0n) is 8.12. The van der Waals surface area contributed by atoms with Gasteiger partial charge in [-0.2, -0.15) is 0 Å². The van der Waals surface area contributed by atoms with Crippen molar-refractivity contribution in [2.75, 3.05) is 13.2 Å². The van der Waals surface area contributed by atoms with Gasteiger partial charge in [0.2, 0.25) is 0 Å². The van der Waals surface area contributed by atoms with Crippen LogP contribution in [-0.4, -0.2) is 18.3 Å². The molecule has 2 nitrogen and oxygen atoms in total. The summed E-state index contributed by atoms with van der Waals surface area (Å²) in [4.78, 5) is 0. The standard InChI is InChI=1S/C11H12ClIO2/c12-9-5-7(1-2-10(9)13)11(14)8-3-4-15-6-8/h1-2,5,8,11,14H,3-4,6H2. The third kappa shape index (κ3) is 2.64. The maximum absolute atomic E-state index is 10.1. The third-order valence-corrected chi connectivity index (χ3v) is 4.27. The highest BCUT2D eigenvalue weighted by Crippen LogP contribution is 2.31. The zero-order chi connectivity index (χ0) is 10.8. The largest absolute Gasteiger partial charge is 0.388 e. The topological polar surface area (TPSA) is 29.5 Å². The van der Waals surface area contributed by atoms with E-state index in [4.69, 9.17) is 16.3 Å². The Hall–Kier alpha value is 0.160. The molecule has 4 heteroatoms. The summed E-state index contributed by atoms with van der Waals surface area (Å²) in [6.07, 6.45) is 0.465. The SMILES string of the molecule is OC(c1ccc(I)c(Cl)c1)C1CCOC1. The first-order valence-electron chi connectivity index (χ1n) is 4.89. The molecular weight excluding hydrogens is 326 g/mol. The van der Waals surface area contributed by atoms with Crippen LogP contribution >= 0.6 is 34.2 Å². The van der Waals surface area contributed by atoms with Crippen molar-refractivity contribution in [3.05, 3.63) is 32.4 Å². The molecule has 1 fully saturated rings. The molecule has 1 aromatic carbocycles. The molecule has 0 spiro atoms. The van der Waals surface area contributed by atoms with E-state index < -0.39 is 6.10 Å². The summed E-state index contributed by atoms with van der Waals surface area (Å²) in [7, 11) is 0. The fourth-order valence-electron chi connectivity index (χ4n) is 1.77. The van der Waals surface area contributed by atoms with Crippen LogP contribution < -0.4 is 0 Å². The minimum Gasteiger partial charge on any atom is -0.388 e. The molecule has 1 aliphatic rings. The summed E-state index contributed by atoms with van der Waals surface area (Å²) in [5.41, 5.74) is 0.885. The van der Waals surface area contributed by atoms with Crippen LogP contribution in [0.1, 0.15) is 18.1 Å². The van der Waals surface area contributed by atoms with Crippen molar-refractivity contribution in [1.82, 2.24) is 0 Å². The number of halogens is 2. The second-order valence-corrected chi connectivity index (χ2v) is 5.31. The van der Waals surface area contributed by atoms with Crippen molar-refractivity contribution < 1.29 is 9.84 Å². The molecule has 0 aliphatic carbocycles. The molecule has 0 amide bonds. The van der Waals surface area contributed by atoms with Crippen LogP contribution in [0, 0.1) is 9.49 Å². The Labute approximate surface area is 108 Å². The van der Waals surface area contributed by atoms with Crippen LogP contribution in [0.25, 0.3) is 0 Å². The molecule has 2 unspecified atom stereocenters. The van der Waals surface area contributed by atoms with Crippen LogP contribution in [0.4, 0.5) is 0 Å². The number of aliphatic hydroxyl groups is 1. The average Bonchev–Trinajstić information content (AvgIpc) is 2.74. The van der Waals surface area contributed by atoms with Crippen molar-refractivity contribution >= 4 is 34.2 Å². The number of ether oxygens (including phenoxy) is 1. The molecule has 15 heavy (non-hydrogen) atoms. The molecule has 1 heterocycles. The molecule has 2 atom stereocenters. The smallest absolute Gasteiger partial charge is 0.0841 e. The lowest BCUT2D eigenvalue weighted by molar-refractivity contribution is 0.0918. The average molecular weight is 339 g/mol. The van der Waals surface area contributed by atoms with Crippen LogP contribution in [0.5, 0.6) is 0 Å². The first kappa shape index (κ1) is 11.6. The van der Waals surface area contributed by atoms with Gasteiger partial charge in [-0.15, -0.1) is 0 Å². The first-order chi connectivity index (χ1) is 7.18. The molecule has 1 aromatic rings. The van der Waals surface area contributed by atoms with Gasteiger partial charge in [-0.25, -0.2) is 0 Å². The van der Waals surface area contributed by atoms with Crippen LogP contribution in [0.2, 0.25) is 5.02 Å². The molecule has 0 bridgehead atoms. The Balaban J connectivity index is 2.17. The normalized spacial score (nSPS) is 23.0. The van der Waals surface area contributed by atoms with Gasteiger partial charge in [0.05, 0.1) is 17.7 Å². The first-order valence-corrected chi connectivity index (χ1v) is 6.35. The Kier molecular flexibility index (Phi) is 3.88. The Bertz CT molecular complexity index is 350. The molecule has 0 radical (unpaired) electrons. The zero-order valence-corrected chi connectivity index (χ0v) is 11.0. The highest BCUT2D eigenvalue weighted by Gasteiger charge is 2.25. The van der Waals surface area contributed by atoms with Gasteiger partial charge < -0.3 is 9.84 Å². The summed E-state index contributed by atoms with van der Waals surface area (Å²) >= 11 is 8.19. The number of rotatable bonds is 2. The van der Waals surface area contributed by atoms with Gasteiger partial charge in [0.15, 0.2) is 0 Å². The fourth-order valence-corrected chi connectivity index (χ4v) is 2.29. The van der Waals surface area contributed by atoms with Gasteiger partial charge in [-0.1, -0.05) is 17.7 Å². The molecule has 2 rings (SSSR count). The Morgan fingerprint density at radius 3 is 2.93 bits per heavy atom. The van der Waals surface area contributed by atoms with E-state index in [1.165, 1.54) is 0 Å². The maximum Gasteiger partial charge on any atom is 0.0841 e. The number of hydrogen-bond acceptors (Lipinski definition) is 2. The summed E-state index contributed by atoms with van der Waals surface area (Å²) in [6, 6.07) is 5.69. The number of hydrogen-bond donors (Lipinski definition) is 1. The lowest BCUT2D eigenvalue weighted by Crippen LogP contribution is -2.12. The van der Waals surface area contributed by atoms with Crippen LogP contribution in [0.3, 0.4) is 0 Å². The van der Waals surface area contributed by atoms with Crippen LogP contribution in [-0.2, 0) is 4.74 Å². The van der Waals surface area contributed by atoms with Gasteiger partial charge in [-0.3, -0.25) is 0 Å². The Morgan fingerprint density at radius 2 is 2.33 bits per heavy atom. The van der Waals surface area contributed by atoms with E-state index in [0.717, 1.165) is 22.2 Å². The molecule has 1 N–H and O–H groups in total. The highest BCUT2D eigenvalue weighted by molar-refractivity contribution is 14.1. The third-order valence-electron chi connectivity index (χ3n) is 2.70. The van der Waals surface area contributed by atoms with Crippen molar-refractivity contribution in [3.63, 3.8) is 0 Å². The van der Waals surface area contributed by atoms with Gasteiger partial charge >= 0.3 is 0 Å². The van der Waals surface area contributed by atoms with E-state index in [9.17, 15) is 5.11 Å². The van der Waals surface area contributed by atoms with Crippen LogP contribution in [0.15, 0.2) is 18.2 Å². The fraction of sp³-hybridized carbons (Fsp3) is 0.455. The summed E-state index contributed by atoms with van der Waals surface area (Å²) in [5, 5.41) is 10.8. The van der Waals surface area contributed by atoms with Gasteiger partial charge in [-0.05, 0) is 46.7 Å². The minimum absolute atomic E-state index is 0.209. The van der Waals surface area contributed by atoms with E-state index >= 15 is 0 Å². The summed E-state index contributed by atoms with van der Waals surface area (Å²) in [5.74, 6) is 0.209. The van der Waals surface area contributed by atoms with Gasteiger partial charge in [0.25, 0.3) is 0 Å². The number of aliphatic hydroxyl groups excluding tert-OH is 1. The van der Waals surface area contributed by atoms with Crippen molar-refractivity contribution in [3.8, 4) is 0 Å². The van der Waals surface area contributed by atoms with Gasteiger partial charge in [0, 0.05) is 16.1 Å². The monoisotopic (exact) mass is 338 g/mol. The molecule has 0 saturated carbocycles. The minimum atomic E-state index is -0.456. The Morgan fingerprint density at radius 1 is 1.53 bits per heavy atom. The highest BCUT2D eigenvalue weighted by atomic mass is 127. The second-order valence-electron chi connectivity index (χ2n) is 3.74. The van der Waals surface area contributed by atoms with Gasteiger partial charge in [0.1, 0.15) is 0 Å². The lowest BCUT2D eigenvalue weighted by atomic mass is 9.95. The predicted molar refractivity (Wildman–Crippen MR) is 68.1 cm³/mol. The van der Waals surface area contributed by atoms with E-state index in [0.29, 0.717) is 11.6 Å².